The molecular formula is C20H28IN3O3S. The predicted octanol–water partition coefficient (Wildman–Crippen LogP) is 3.80. The maximum absolute atomic E-state index is 11.9. The highest BCUT2D eigenvalue weighted by Crippen LogP contribution is 2.21. The number of hydrogen-bond acceptors (Lipinski definition) is 5. The Morgan fingerprint density at radius 2 is 2.07 bits per heavy atom. The number of hydrogen-bond donors (Lipinski definition) is 1. The van der Waals surface area contributed by atoms with Gasteiger partial charge in [0.1, 0.15) is 11.3 Å². The third-order valence-corrected chi connectivity index (χ3v) is 4.99. The Labute approximate surface area is 188 Å². The average Bonchev–Trinajstić information content (AvgIpc) is 3.22. The SMILES string of the molecule is CCNC(=NCc1ccc(OC)c(C(=O)OC)c1)N(C)CCc1cccs1.I. The lowest BCUT2D eigenvalue weighted by Crippen LogP contribution is -2.39. The van der Waals surface area contributed by atoms with E-state index in [1.807, 2.05) is 20.0 Å². The van der Waals surface area contributed by atoms with Crippen LogP contribution in [0.3, 0.4) is 0 Å². The van der Waals surface area contributed by atoms with Crippen molar-refractivity contribution in [3.63, 3.8) is 0 Å². The molecule has 0 saturated carbocycles. The molecule has 0 fully saturated rings. The van der Waals surface area contributed by atoms with Crippen LogP contribution in [-0.2, 0) is 17.7 Å². The Morgan fingerprint density at radius 3 is 2.68 bits per heavy atom. The number of ether oxygens (including phenoxy) is 2. The predicted molar refractivity (Wildman–Crippen MR) is 125 cm³/mol. The van der Waals surface area contributed by atoms with E-state index in [-0.39, 0.29) is 24.0 Å². The van der Waals surface area contributed by atoms with Crippen LogP contribution >= 0.6 is 35.3 Å². The maximum Gasteiger partial charge on any atom is 0.341 e. The Bertz CT molecular complexity index is 766. The van der Waals surface area contributed by atoms with Crippen molar-refractivity contribution in [1.29, 1.82) is 0 Å². The lowest BCUT2D eigenvalue weighted by molar-refractivity contribution is 0.0597. The van der Waals surface area contributed by atoms with Gasteiger partial charge in [-0.1, -0.05) is 12.1 Å². The maximum atomic E-state index is 11.9. The zero-order valence-electron chi connectivity index (χ0n) is 16.7. The number of methoxy groups -OCH3 is 2. The second kappa shape index (κ2) is 12.6. The number of guanidine groups is 1. The second-order valence-electron chi connectivity index (χ2n) is 5.95. The van der Waals surface area contributed by atoms with Gasteiger partial charge in [0.15, 0.2) is 5.96 Å². The number of carbonyl (C=O) groups excluding carboxylic acids is 1. The van der Waals surface area contributed by atoms with Crippen LogP contribution in [0.5, 0.6) is 5.75 Å². The molecule has 6 nitrogen and oxygen atoms in total. The van der Waals surface area contributed by atoms with Crippen molar-refractivity contribution in [2.75, 3.05) is 34.4 Å². The van der Waals surface area contributed by atoms with Gasteiger partial charge >= 0.3 is 5.97 Å². The van der Waals surface area contributed by atoms with Crippen molar-refractivity contribution in [3.05, 3.63) is 51.7 Å². The Balaban J connectivity index is 0.00000392. The molecular weight excluding hydrogens is 489 g/mol. The Kier molecular flexibility index (Phi) is 10.9. The summed E-state index contributed by atoms with van der Waals surface area (Å²) in [4.78, 5) is 20.1. The summed E-state index contributed by atoms with van der Waals surface area (Å²) in [5.74, 6) is 0.914. The molecule has 0 aliphatic rings. The number of nitrogens with one attached hydrogen (secondary N) is 1. The lowest BCUT2D eigenvalue weighted by atomic mass is 10.1. The number of thiophene rings is 1. The largest absolute Gasteiger partial charge is 0.496 e. The molecule has 28 heavy (non-hydrogen) atoms. The van der Waals surface area contributed by atoms with Crippen LogP contribution in [-0.4, -0.2) is 51.2 Å². The molecule has 1 N–H and O–H groups in total. The van der Waals surface area contributed by atoms with Gasteiger partial charge < -0.3 is 19.7 Å². The van der Waals surface area contributed by atoms with Crippen LogP contribution in [0.2, 0.25) is 0 Å². The highest BCUT2D eigenvalue weighted by molar-refractivity contribution is 14.0. The first-order valence-electron chi connectivity index (χ1n) is 8.86. The second-order valence-corrected chi connectivity index (χ2v) is 6.98. The van der Waals surface area contributed by atoms with Gasteiger partial charge in [-0.2, -0.15) is 0 Å². The minimum absolute atomic E-state index is 0. The monoisotopic (exact) mass is 517 g/mol. The topological polar surface area (TPSA) is 63.2 Å². The van der Waals surface area contributed by atoms with E-state index in [1.165, 1.54) is 19.1 Å². The van der Waals surface area contributed by atoms with E-state index in [2.05, 4.69) is 27.7 Å². The van der Waals surface area contributed by atoms with Crippen LogP contribution in [0.25, 0.3) is 0 Å². The van der Waals surface area contributed by atoms with Gasteiger partial charge in [-0.25, -0.2) is 9.79 Å². The first-order chi connectivity index (χ1) is 13.1. The van der Waals surface area contributed by atoms with Crippen molar-refractivity contribution in [2.24, 2.45) is 4.99 Å². The van der Waals surface area contributed by atoms with E-state index in [1.54, 1.807) is 23.5 Å². The fourth-order valence-corrected chi connectivity index (χ4v) is 3.30. The van der Waals surface area contributed by atoms with Gasteiger partial charge in [0.05, 0.1) is 20.8 Å². The van der Waals surface area contributed by atoms with Crippen LogP contribution in [0.4, 0.5) is 0 Å². The molecule has 0 radical (unpaired) electrons. The lowest BCUT2D eigenvalue weighted by Gasteiger charge is -2.22. The number of halogens is 1. The molecule has 0 atom stereocenters. The number of rotatable bonds is 8. The van der Waals surface area contributed by atoms with E-state index in [9.17, 15) is 4.79 Å². The summed E-state index contributed by atoms with van der Waals surface area (Å²) in [5, 5.41) is 5.41. The zero-order valence-corrected chi connectivity index (χ0v) is 19.9. The van der Waals surface area contributed by atoms with E-state index >= 15 is 0 Å². The van der Waals surface area contributed by atoms with Crippen molar-refractivity contribution < 1.29 is 14.3 Å². The molecule has 0 spiro atoms. The standard InChI is InChI=1S/C20H27N3O3S.HI/c1-5-21-20(23(2)11-10-16-7-6-12-27-16)22-14-15-8-9-18(25-3)17(13-15)19(24)26-4;/h6-9,12-13H,5,10-11,14H2,1-4H3,(H,21,22);1H. The number of esters is 1. The molecule has 1 heterocycles. The zero-order chi connectivity index (χ0) is 19.6. The fourth-order valence-electron chi connectivity index (χ4n) is 2.60. The first kappa shape index (κ1) is 24.2. The van der Waals surface area contributed by atoms with Crippen molar-refractivity contribution >= 4 is 47.2 Å². The minimum Gasteiger partial charge on any atom is -0.496 e. The molecule has 8 heteroatoms. The van der Waals surface area contributed by atoms with Gasteiger partial charge in [-0.05, 0) is 42.5 Å². The molecule has 1 aromatic carbocycles. The highest BCUT2D eigenvalue weighted by atomic mass is 127. The summed E-state index contributed by atoms with van der Waals surface area (Å²) >= 11 is 1.77. The normalized spacial score (nSPS) is 10.8. The van der Waals surface area contributed by atoms with Crippen molar-refractivity contribution in [2.45, 2.75) is 19.9 Å². The van der Waals surface area contributed by atoms with E-state index in [0.29, 0.717) is 17.9 Å². The Morgan fingerprint density at radius 1 is 1.29 bits per heavy atom. The molecule has 0 aliphatic carbocycles. The van der Waals surface area contributed by atoms with Gasteiger partial charge in [-0.3, -0.25) is 0 Å². The highest BCUT2D eigenvalue weighted by Gasteiger charge is 2.13. The van der Waals surface area contributed by atoms with Crippen LogP contribution < -0.4 is 10.1 Å². The molecule has 154 valence electrons. The molecule has 0 amide bonds. The number of benzene rings is 1. The summed E-state index contributed by atoms with van der Waals surface area (Å²) in [5.41, 5.74) is 1.32. The van der Waals surface area contributed by atoms with E-state index in [0.717, 1.165) is 31.0 Å². The summed E-state index contributed by atoms with van der Waals surface area (Å²) in [6.07, 6.45) is 0.980. The molecule has 1 aromatic heterocycles. The number of nitrogens with zero attached hydrogens (tertiary/aromatic N) is 2. The van der Waals surface area contributed by atoms with Crippen molar-refractivity contribution in [1.82, 2.24) is 10.2 Å². The molecule has 0 bridgehead atoms. The summed E-state index contributed by atoms with van der Waals surface area (Å²) in [6, 6.07) is 9.66. The van der Waals surface area contributed by atoms with Gasteiger partial charge in [0, 0.05) is 25.0 Å². The molecule has 2 rings (SSSR count). The summed E-state index contributed by atoms with van der Waals surface area (Å²) in [7, 11) is 4.92. The van der Waals surface area contributed by atoms with E-state index < -0.39 is 5.97 Å². The quantitative estimate of drug-likeness (QED) is 0.250. The Hall–Kier alpha value is -1.81. The van der Waals surface area contributed by atoms with Crippen LogP contribution in [0.15, 0.2) is 40.7 Å². The molecule has 0 saturated heterocycles. The average molecular weight is 517 g/mol. The number of aliphatic imine (C=N–C) groups is 1. The van der Waals surface area contributed by atoms with Crippen LogP contribution in [0.1, 0.15) is 27.7 Å². The van der Waals surface area contributed by atoms with E-state index in [4.69, 9.17) is 14.5 Å². The third kappa shape index (κ3) is 6.97. The number of likely N-dealkylation sites (N-methyl/N-ethyl adjacent to an activating group) is 1. The smallest absolute Gasteiger partial charge is 0.341 e. The van der Waals surface area contributed by atoms with Crippen LogP contribution in [0, 0.1) is 0 Å². The van der Waals surface area contributed by atoms with Gasteiger partial charge in [0.2, 0.25) is 0 Å². The summed E-state index contributed by atoms with van der Waals surface area (Å²) < 4.78 is 10.1. The fraction of sp³-hybridized carbons (Fsp3) is 0.400. The third-order valence-electron chi connectivity index (χ3n) is 4.05. The van der Waals surface area contributed by atoms with Gasteiger partial charge in [-0.15, -0.1) is 35.3 Å². The summed E-state index contributed by atoms with van der Waals surface area (Å²) in [6.45, 7) is 4.17. The van der Waals surface area contributed by atoms with Gasteiger partial charge in [0.25, 0.3) is 0 Å². The number of carbonyl (C=O) groups is 1. The molecule has 2 aromatic rings. The first-order valence-corrected chi connectivity index (χ1v) is 9.74. The molecule has 0 aliphatic heterocycles. The van der Waals surface area contributed by atoms with Crippen molar-refractivity contribution in [3.8, 4) is 5.75 Å². The molecule has 0 unspecified atom stereocenters. The minimum atomic E-state index is -0.419.